The van der Waals surface area contributed by atoms with Gasteiger partial charge in [-0.05, 0) is 60.9 Å². The number of amides is 1. The molecule has 28 heavy (non-hydrogen) atoms. The SMILES string of the molecule is COc1ccc([C@H]2CCCCCN2C(=O)c2ccc(-n3cccn3)cc2)cc1. The molecule has 4 rings (SSSR count). The van der Waals surface area contributed by atoms with Crippen LogP contribution in [0.2, 0.25) is 0 Å². The summed E-state index contributed by atoms with van der Waals surface area (Å²) in [7, 11) is 1.67. The van der Waals surface area contributed by atoms with Crippen LogP contribution in [0.4, 0.5) is 0 Å². The standard InChI is InChI=1S/C23H25N3O2/c1-28-21-13-9-18(10-14-21)22-6-3-2-4-16-25(22)23(27)19-7-11-20(12-8-19)26-17-5-15-24-26/h5,7-15,17,22H,2-4,6,16H2,1H3/t22-/m1/s1. The van der Waals surface area contributed by atoms with E-state index < -0.39 is 0 Å². The first-order chi connectivity index (χ1) is 13.8. The van der Waals surface area contributed by atoms with Crippen molar-refractivity contribution in [1.29, 1.82) is 0 Å². The molecular weight excluding hydrogens is 350 g/mol. The Morgan fingerprint density at radius 3 is 2.50 bits per heavy atom. The molecule has 5 heteroatoms. The second-order valence-electron chi connectivity index (χ2n) is 7.13. The van der Waals surface area contributed by atoms with Gasteiger partial charge in [-0.15, -0.1) is 0 Å². The Morgan fingerprint density at radius 2 is 1.82 bits per heavy atom. The van der Waals surface area contributed by atoms with Gasteiger partial charge in [0.2, 0.25) is 0 Å². The van der Waals surface area contributed by atoms with Crippen LogP contribution in [0, 0.1) is 0 Å². The van der Waals surface area contributed by atoms with Gasteiger partial charge in [-0.25, -0.2) is 4.68 Å². The molecule has 0 N–H and O–H groups in total. The van der Waals surface area contributed by atoms with Crippen molar-refractivity contribution in [3.8, 4) is 11.4 Å². The number of benzene rings is 2. The number of carbonyl (C=O) groups is 1. The molecule has 144 valence electrons. The predicted molar refractivity (Wildman–Crippen MR) is 109 cm³/mol. The molecule has 3 aromatic rings. The van der Waals surface area contributed by atoms with E-state index in [1.54, 1.807) is 18.0 Å². The van der Waals surface area contributed by atoms with E-state index in [9.17, 15) is 4.79 Å². The van der Waals surface area contributed by atoms with Gasteiger partial charge in [-0.2, -0.15) is 5.10 Å². The Balaban J connectivity index is 1.59. The van der Waals surface area contributed by atoms with Crippen LogP contribution in [0.5, 0.6) is 5.75 Å². The molecule has 5 nitrogen and oxygen atoms in total. The van der Waals surface area contributed by atoms with Crippen molar-refractivity contribution in [2.24, 2.45) is 0 Å². The van der Waals surface area contributed by atoms with Crippen molar-refractivity contribution >= 4 is 5.91 Å². The number of hydrogen-bond donors (Lipinski definition) is 0. The average molecular weight is 375 g/mol. The fraction of sp³-hybridized carbons (Fsp3) is 0.304. The van der Waals surface area contributed by atoms with Crippen molar-refractivity contribution in [1.82, 2.24) is 14.7 Å². The molecule has 0 unspecified atom stereocenters. The molecule has 1 aliphatic heterocycles. The third-order valence-corrected chi connectivity index (χ3v) is 5.40. The van der Waals surface area contributed by atoms with E-state index in [1.165, 1.54) is 5.56 Å². The minimum Gasteiger partial charge on any atom is -0.497 e. The van der Waals surface area contributed by atoms with Gasteiger partial charge in [0.15, 0.2) is 0 Å². The third-order valence-electron chi connectivity index (χ3n) is 5.40. The molecule has 0 saturated carbocycles. The van der Waals surface area contributed by atoms with E-state index >= 15 is 0 Å². The van der Waals surface area contributed by atoms with Crippen molar-refractivity contribution in [2.45, 2.75) is 31.7 Å². The second-order valence-corrected chi connectivity index (χ2v) is 7.13. The Morgan fingerprint density at radius 1 is 1.04 bits per heavy atom. The first-order valence-electron chi connectivity index (χ1n) is 9.81. The molecule has 2 aromatic carbocycles. The molecule has 1 atom stereocenters. The molecular formula is C23H25N3O2. The van der Waals surface area contributed by atoms with Gasteiger partial charge >= 0.3 is 0 Å². The van der Waals surface area contributed by atoms with Crippen LogP contribution in [0.15, 0.2) is 67.0 Å². The molecule has 1 aromatic heterocycles. The molecule has 1 fully saturated rings. The molecule has 0 spiro atoms. The smallest absolute Gasteiger partial charge is 0.254 e. The zero-order valence-electron chi connectivity index (χ0n) is 16.1. The fourth-order valence-electron chi connectivity index (χ4n) is 3.87. The van der Waals surface area contributed by atoms with Crippen LogP contribution in [-0.2, 0) is 0 Å². The summed E-state index contributed by atoms with van der Waals surface area (Å²) >= 11 is 0. The Hall–Kier alpha value is -3.08. The number of rotatable bonds is 4. The van der Waals surface area contributed by atoms with Gasteiger partial charge in [0.05, 0.1) is 18.8 Å². The van der Waals surface area contributed by atoms with E-state index in [-0.39, 0.29) is 11.9 Å². The maximum atomic E-state index is 13.3. The monoisotopic (exact) mass is 375 g/mol. The summed E-state index contributed by atoms with van der Waals surface area (Å²) in [5.74, 6) is 0.930. The average Bonchev–Trinajstić information content (AvgIpc) is 3.18. The van der Waals surface area contributed by atoms with Gasteiger partial charge in [-0.3, -0.25) is 4.79 Å². The highest BCUT2D eigenvalue weighted by atomic mass is 16.5. The van der Waals surface area contributed by atoms with Gasteiger partial charge in [0.25, 0.3) is 5.91 Å². The first-order valence-corrected chi connectivity index (χ1v) is 9.81. The van der Waals surface area contributed by atoms with Gasteiger partial charge < -0.3 is 9.64 Å². The van der Waals surface area contributed by atoms with Crippen LogP contribution in [-0.4, -0.2) is 34.2 Å². The number of ether oxygens (including phenoxy) is 1. The Kier molecular flexibility index (Phi) is 5.42. The number of methoxy groups -OCH3 is 1. The van der Waals surface area contributed by atoms with E-state index in [2.05, 4.69) is 17.2 Å². The maximum Gasteiger partial charge on any atom is 0.254 e. The summed E-state index contributed by atoms with van der Waals surface area (Å²) in [5.41, 5.74) is 2.84. The summed E-state index contributed by atoms with van der Waals surface area (Å²) in [6.45, 7) is 0.788. The maximum absolute atomic E-state index is 13.3. The molecule has 1 saturated heterocycles. The van der Waals surface area contributed by atoms with Crippen LogP contribution in [0.3, 0.4) is 0 Å². The first kappa shape index (κ1) is 18.3. The summed E-state index contributed by atoms with van der Waals surface area (Å²) in [6.07, 6.45) is 7.97. The van der Waals surface area contributed by atoms with Crippen LogP contribution in [0.25, 0.3) is 5.69 Å². The van der Waals surface area contributed by atoms with Crippen molar-refractivity contribution in [3.63, 3.8) is 0 Å². The molecule has 0 aliphatic carbocycles. The number of aromatic nitrogens is 2. The Labute approximate surface area is 165 Å². The summed E-state index contributed by atoms with van der Waals surface area (Å²) < 4.78 is 7.07. The molecule has 1 amide bonds. The van der Waals surface area contributed by atoms with Crippen molar-refractivity contribution in [2.75, 3.05) is 13.7 Å². The highest BCUT2D eigenvalue weighted by Gasteiger charge is 2.27. The molecule has 0 bridgehead atoms. The van der Waals surface area contributed by atoms with Crippen molar-refractivity contribution in [3.05, 3.63) is 78.1 Å². The highest BCUT2D eigenvalue weighted by molar-refractivity contribution is 5.94. The number of hydrogen-bond acceptors (Lipinski definition) is 3. The van der Waals surface area contributed by atoms with Crippen molar-refractivity contribution < 1.29 is 9.53 Å². The van der Waals surface area contributed by atoms with E-state index in [0.717, 1.165) is 49.2 Å². The number of carbonyl (C=O) groups excluding carboxylic acids is 1. The molecule has 1 aliphatic rings. The minimum atomic E-state index is 0.0923. The quantitative estimate of drug-likeness (QED) is 0.667. The lowest BCUT2D eigenvalue weighted by atomic mass is 10.00. The summed E-state index contributed by atoms with van der Waals surface area (Å²) in [6, 6.07) is 17.8. The zero-order chi connectivity index (χ0) is 19.3. The molecule has 2 heterocycles. The van der Waals surface area contributed by atoms with Gasteiger partial charge in [0.1, 0.15) is 5.75 Å². The largest absolute Gasteiger partial charge is 0.497 e. The van der Waals surface area contributed by atoms with E-state index in [1.807, 2.05) is 53.6 Å². The lowest BCUT2D eigenvalue weighted by molar-refractivity contribution is 0.0681. The lowest BCUT2D eigenvalue weighted by Gasteiger charge is -2.31. The normalized spacial score (nSPS) is 17.2. The highest BCUT2D eigenvalue weighted by Crippen LogP contribution is 2.32. The minimum absolute atomic E-state index is 0.0923. The lowest BCUT2D eigenvalue weighted by Crippen LogP contribution is -2.34. The predicted octanol–water partition coefficient (Wildman–Crippen LogP) is 4.64. The number of likely N-dealkylation sites (tertiary alicyclic amines) is 1. The fourth-order valence-corrected chi connectivity index (χ4v) is 3.87. The summed E-state index contributed by atoms with van der Waals surface area (Å²) in [5, 5.41) is 4.24. The second kappa shape index (κ2) is 8.30. The van der Waals surface area contributed by atoms with Gasteiger partial charge in [0, 0.05) is 24.5 Å². The van der Waals surface area contributed by atoms with Crippen LogP contribution in [0.1, 0.15) is 47.6 Å². The number of nitrogens with zero attached hydrogens (tertiary/aromatic N) is 3. The Bertz CT molecular complexity index is 902. The molecule has 0 radical (unpaired) electrons. The zero-order valence-corrected chi connectivity index (χ0v) is 16.1. The van der Waals surface area contributed by atoms with Gasteiger partial charge in [-0.1, -0.05) is 25.0 Å². The van der Waals surface area contributed by atoms with Crippen LogP contribution < -0.4 is 4.74 Å². The van der Waals surface area contributed by atoms with Crippen LogP contribution >= 0.6 is 0 Å². The third kappa shape index (κ3) is 3.79. The van der Waals surface area contributed by atoms with E-state index in [4.69, 9.17) is 4.74 Å². The topological polar surface area (TPSA) is 47.4 Å². The van der Waals surface area contributed by atoms with E-state index in [0.29, 0.717) is 0 Å². The summed E-state index contributed by atoms with van der Waals surface area (Å²) in [4.78, 5) is 15.4.